The first-order chi connectivity index (χ1) is 44.1. The van der Waals surface area contributed by atoms with Crippen LogP contribution < -0.4 is 0 Å². The molecule has 17 rings (SSSR count). The van der Waals surface area contributed by atoms with Crippen LogP contribution in [0.3, 0.4) is 0 Å². The van der Waals surface area contributed by atoms with Gasteiger partial charge in [0.2, 0.25) is 5.95 Å². The molecular formula is C83H56N6. The SMILES string of the molecule is C=Cc1c(/C=C\C)c2ccc(-c3ccc4c5ccccc5n(-c5cccc(-c6cc(-c7ccccc7-c7ccccc7)nc(-n7c8ccccc8c8ccc(-c9ccc%10c%11ccccc%11n(-c%11ccccc%11)c%10c9)cc87)n6)c5)c4c3)cc2n1-c1ccccc1. The van der Waals surface area contributed by atoms with Crippen molar-refractivity contribution in [2.45, 2.75) is 6.92 Å². The van der Waals surface area contributed by atoms with Gasteiger partial charge in [0.15, 0.2) is 0 Å². The molecule has 0 spiro atoms. The summed E-state index contributed by atoms with van der Waals surface area (Å²) in [5, 5.41) is 8.25. The zero-order chi connectivity index (χ0) is 59.1. The molecule has 0 saturated heterocycles. The third-order valence-corrected chi connectivity index (χ3v) is 17.9. The standard InChI is InChI=1S/C83H56N6/c1-3-23-65-69-44-40-55(49-79(69)86(75(65)4-2)60-27-10-6-11-28-60)57-42-46-71-67-35-17-20-38-77(67)88(81(71)51-57)62-31-22-26-59(48-62)73-53-74(64-33-15-14-32-63(64)54-24-8-5-9-25-54)85-83(84-73)89-78-39-21-18-36-68(78)72-47-43-58(52-82(72)89)56-41-45-70-66-34-16-19-37-76(66)87(80(70)50-56)61-29-12-7-13-30-61/h3-53H,2H2,1H3/b23-3-. The normalized spacial score (nSPS) is 11.9. The predicted molar refractivity (Wildman–Crippen MR) is 374 cm³/mol. The summed E-state index contributed by atoms with van der Waals surface area (Å²) >= 11 is 0. The molecule has 418 valence electrons. The zero-order valence-corrected chi connectivity index (χ0v) is 48.8. The van der Waals surface area contributed by atoms with E-state index in [9.17, 15) is 0 Å². The van der Waals surface area contributed by atoms with Gasteiger partial charge < -0.3 is 13.7 Å². The second-order valence-electron chi connectivity index (χ2n) is 22.9. The summed E-state index contributed by atoms with van der Waals surface area (Å²) in [6.45, 7) is 6.36. The molecule has 0 aliphatic heterocycles. The lowest BCUT2D eigenvalue weighted by Crippen LogP contribution is -2.04. The van der Waals surface area contributed by atoms with Gasteiger partial charge in [0.1, 0.15) is 0 Å². The molecule has 17 aromatic rings. The second-order valence-corrected chi connectivity index (χ2v) is 22.9. The molecule has 0 N–H and O–H groups in total. The van der Waals surface area contributed by atoms with E-state index in [0.29, 0.717) is 5.95 Å². The summed E-state index contributed by atoms with van der Waals surface area (Å²) in [6.07, 6.45) is 6.27. The number of hydrogen-bond donors (Lipinski definition) is 0. The van der Waals surface area contributed by atoms with Crippen molar-refractivity contribution < 1.29 is 0 Å². The van der Waals surface area contributed by atoms with E-state index < -0.39 is 0 Å². The Hall–Kier alpha value is -11.9. The summed E-state index contributed by atoms with van der Waals surface area (Å²) in [7, 11) is 0. The highest BCUT2D eigenvalue weighted by molar-refractivity contribution is 6.13. The monoisotopic (exact) mass is 1140 g/mol. The minimum atomic E-state index is 0.587. The maximum absolute atomic E-state index is 5.69. The minimum Gasteiger partial charge on any atom is -0.309 e. The van der Waals surface area contributed by atoms with Crippen LogP contribution in [0.25, 0.3) is 167 Å². The number of fused-ring (bicyclic) bond motifs is 10. The lowest BCUT2D eigenvalue weighted by Gasteiger charge is -2.15. The molecule has 6 nitrogen and oxygen atoms in total. The number of allylic oxidation sites excluding steroid dienone is 1. The second kappa shape index (κ2) is 21.0. The molecule has 0 aliphatic rings. The molecule has 89 heavy (non-hydrogen) atoms. The van der Waals surface area contributed by atoms with Crippen molar-refractivity contribution >= 4 is 88.5 Å². The summed E-state index contributed by atoms with van der Waals surface area (Å²) in [4.78, 5) is 11.4. The number of para-hydroxylation sites is 5. The fourth-order valence-corrected chi connectivity index (χ4v) is 13.9. The number of hydrogen-bond acceptors (Lipinski definition) is 2. The molecule has 0 amide bonds. The van der Waals surface area contributed by atoms with Crippen molar-refractivity contribution in [2.75, 3.05) is 0 Å². The maximum Gasteiger partial charge on any atom is 0.235 e. The average Bonchev–Trinajstić information content (AvgIpc) is 2.86. The van der Waals surface area contributed by atoms with Gasteiger partial charge in [-0.15, -0.1) is 0 Å². The van der Waals surface area contributed by atoms with Crippen LogP contribution in [0.4, 0.5) is 0 Å². The van der Waals surface area contributed by atoms with Crippen LogP contribution in [0.15, 0.2) is 304 Å². The van der Waals surface area contributed by atoms with Gasteiger partial charge in [0, 0.05) is 71.5 Å². The molecule has 0 bridgehead atoms. The van der Waals surface area contributed by atoms with Crippen molar-refractivity contribution in [3.05, 3.63) is 315 Å². The molecule has 0 atom stereocenters. The highest BCUT2D eigenvalue weighted by Crippen LogP contribution is 2.42. The maximum atomic E-state index is 5.69. The first-order valence-corrected chi connectivity index (χ1v) is 30.4. The van der Waals surface area contributed by atoms with Crippen LogP contribution in [-0.2, 0) is 0 Å². The molecule has 5 aromatic heterocycles. The molecule has 0 unspecified atom stereocenters. The first-order valence-electron chi connectivity index (χ1n) is 30.4. The largest absolute Gasteiger partial charge is 0.309 e. The predicted octanol–water partition coefficient (Wildman–Crippen LogP) is 21.7. The van der Waals surface area contributed by atoms with Gasteiger partial charge >= 0.3 is 0 Å². The van der Waals surface area contributed by atoms with Crippen molar-refractivity contribution in [3.63, 3.8) is 0 Å². The van der Waals surface area contributed by atoms with Crippen LogP contribution in [-0.4, -0.2) is 28.2 Å². The highest BCUT2D eigenvalue weighted by Gasteiger charge is 2.23. The van der Waals surface area contributed by atoms with E-state index in [2.05, 4.69) is 335 Å². The van der Waals surface area contributed by atoms with Crippen molar-refractivity contribution in [3.8, 4) is 78.9 Å². The molecule has 6 heteroatoms. The van der Waals surface area contributed by atoms with Crippen molar-refractivity contribution in [1.82, 2.24) is 28.2 Å². The van der Waals surface area contributed by atoms with Crippen LogP contribution in [0, 0.1) is 0 Å². The summed E-state index contributed by atoms with van der Waals surface area (Å²) in [5.74, 6) is 0.587. The number of nitrogens with zero attached hydrogens (tertiary/aromatic N) is 6. The Morgan fingerprint density at radius 3 is 1.25 bits per heavy atom. The van der Waals surface area contributed by atoms with E-state index in [0.717, 1.165) is 128 Å². The topological polar surface area (TPSA) is 45.5 Å². The fourth-order valence-electron chi connectivity index (χ4n) is 13.9. The Morgan fingerprint density at radius 1 is 0.292 bits per heavy atom. The Balaban J connectivity index is 0.852. The van der Waals surface area contributed by atoms with Gasteiger partial charge in [-0.05, 0) is 131 Å². The highest BCUT2D eigenvalue weighted by atomic mass is 15.2. The first kappa shape index (κ1) is 51.6. The quantitative estimate of drug-likeness (QED) is 0.130. The van der Waals surface area contributed by atoms with Gasteiger partial charge in [-0.2, -0.15) is 0 Å². The van der Waals surface area contributed by atoms with Crippen LogP contribution in [0.1, 0.15) is 18.2 Å². The minimum absolute atomic E-state index is 0.587. The van der Waals surface area contributed by atoms with Crippen LogP contribution in [0.5, 0.6) is 0 Å². The van der Waals surface area contributed by atoms with Crippen molar-refractivity contribution in [1.29, 1.82) is 0 Å². The molecule has 0 fully saturated rings. The van der Waals surface area contributed by atoms with Gasteiger partial charge in [0.05, 0.1) is 55.7 Å². The molecule has 0 radical (unpaired) electrons. The summed E-state index contributed by atoms with van der Waals surface area (Å²) in [5.41, 5.74) is 23.5. The van der Waals surface area contributed by atoms with Gasteiger partial charge in [-0.1, -0.05) is 225 Å². The van der Waals surface area contributed by atoms with Gasteiger partial charge in [0.25, 0.3) is 0 Å². The van der Waals surface area contributed by atoms with E-state index in [-0.39, 0.29) is 0 Å². The lowest BCUT2D eigenvalue weighted by molar-refractivity contribution is 0.995. The Bertz CT molecular complexity index is 5700. The molecule has 5 heterocycles. The number of rotatable bonds is 11. The third kappa shape index (κ3) is 8.41. The van der Waals surface area contributed by atoms with E-state index >= 15 is 0 Å². The molecule has 12 aromatic carbocycles. The van der Waals surface area contributed by atoms with E-state index in [1.54, 1.807) is 0 Å². The lowest BCUT2D eigenvalue weighted by atomic mass is 9.97. The van der Waals surface area contributed by atoms with Crippen LogP contribution >= 0.6 is 0 Å². The molecular weight excluding hydrogens is 1080 g/mol. The third-order valence-electron chi connectivity index (χ3n) is 17.9. The Labute approximate surface area is 514 Å². The smallest absolute Gasteiger partial charge is 0.235 e. The van der Waals surface area contributed by atoms with Gasteiger partial charge in [-0.25, -0.2) is 9.97 Å². The summed E-state index contributed by atoms with van der Waals surface area (Å²) in [6, 6.07) is 105. The molecule has 0 aliphatic carbocycles. The van der Waals surface area contributed by atoms with E-state index in [1.165, 1.54) is 32.4 Å². The van der Waals surface area contributed by atoms with E-state index in [4.69, 9.17) is 9.97 Å². The van der Waals surface area contributed by atoms with Gasteiger partial charge in [-0.3, -0.25) is 4.57 Å². The number of aromatic nitrogens is 6. The fraction of sp³-hybridized carbons (Fsp3) is 0.0120. The van der Waals surface area contributed by atoms with E-state index in [1.807, 2.05) is 6.08 Å². The van der Waals surface area contributed by atoms with Crippen LogP contribution in [0.2, 0.25) is 0 Å². The molecule has 0 saturated carbocycles. The average molecular weight is 1140 g/mol. The van der Waals surface area contributed by atoms with Crippen molar-refractivity contribution in [2.24, 2.45) is 0 Å². The Morgan fingerprint density at radius 2 is 0.697 bits per heavy atom. The number of benzene rings is 12. The Kier molecular flexibility index (Phi) is 12.2. The summed E-state index contributed by atoms with van der Waals surface area (Å²) < 4.78 is 9.41. The zero-order valence-electron chi connectivity index (χ0n) is 48.8.